The molecule has 2 aromatic carbocycles. The molecule has 0 heterocycles. The third kappa shape index (κ3) is 6.08. The predicted octanol–water partition coefficient (Wildman–Crippen LogP) is 3.74. The van der Waals surface area contributed by atoms with E-state index in [1.807, 2.05) is 0 Å². The summed E-state index contributed by atoms with van der Waals surface area (Å²) in [5.74, 6) is -0.109. The van der Waals surface area contributed by atoms with E-state index in [1.165, 1.54) is 24.3 Å². The van der Waals surface area contributed by atoms with Crippen LogP contribution in [0.25, 0.3) is 0 Å². The van der Waals surface area contributed by atoms with E-state index in [0.29, 0.717) is 34.7 Å². The van der Waals surface area contributed by atoms with E-state index in [-0.39, 0.29) is 16.8 Å². The number of carbonyl (C=O) groups excluding carboxylic acids is 1. The van der Waals surface area contributed by atoms with Gasteiger partial charge in [0.15, 0.2) is 5.11 Å². The van der Waals surface area contributed by atoms with Crippen molar-refractivity contribution >= 4 is 44.9 Å². The second-order valence-electron chi connectivity index (χ2n) is 4.90. The molecule has 0 spiro atoms. The quantitative estimate of drug-likeness (QED) is 0.544. The minimum atomic E-state index is -0.372. The van der Waals surface area contributed by atoms with Gasteiger partial charge in [0, 0.05) is 18.4 Å². The highest BCUT2D eigenvalue weighted by molar-refractivity contribution is 9.10. The summed E-state index contributed by atoms with van der Waals surface area (Å²) in [7, 11) is 1.59. The Balaban J connectivity index is 1.94. The summed E-state index contributed by atoms with van der Waals surface area (Å²) >= 11 is 8.45. The zero-order valence-electron chi connectivity index (χ0n) is 13.3. The van der Waals surface area contributed by atoms with Gasteiger partial charge in [-0.3, -0.25) is 10.1 Å². The van der Waals surface area contributed by atoms with E-state index in [9.17, 15) is 9.18 Å². The van der Waals surface area contributed by atoms with Gasteiger partial charge in [-0.1, -0.05) is 0 Å². The number of hydrogen-bond donors (Lipinski definition) is 2. The lowest BCUT2D eigenvalue weighted by atomic mass is 10.2. The van der Waals surface area contributed by atoms with Crippen molar-refractivity contribution in [2.75, 3.05) is 25.6 Å². The number of nitrogens with one attached hydrogen (secondary N) is 2. The summed E-state index contributed by atoms with van der Waals surface area (Å²) in [6.45, 7) is 0.879. The molecule has 0 aromatic heterocycles. The Morgan fingerprint density at radius 2 is 1.92 bits per heavy atom. The Hall–Kier alpha value is -2.03. The number of benzene rings is 2. The van der Waals surface area contributed by atoms with Gasteiger partial charge in [-0.15, -0.1) is 0 Å². The molecule has 8 heteroatoms. The molecule has 2 N–H and O–H groups in total. The molecule has 0 saturated carbocycles. The Bertz CT molecular complexity index is 756. The number of rotatable bonds is 6. The van der Waals surface area contributed by atoms with E-state index in [0.717, 1.165) is 0 Å². The zero-order chi connectivity index (χ0) is 18.2. The molecular formula is C17H16BrFN2O3S. The average Bonchev–Trinajstić information content (AvgIpc) is 2.58. The predicted molar refractivity (Wildman–Crippen MR) is 102 cm³/mol. The molecule has 0 saturated heterocycles. The number of halogens is 2. The molecule has 5 nitrogen and oxygen atoms in total. The van der Waals surface area contributed by atoms with Crippen molar-refractivity contribution in [3.8, 4) is 5.75 Å². The molecule has 0 aliphatic carbocycles. The van der Waals surface area contributed by atoms with Crippen LogP contribution in [0.4, 0.5) is 10.1 Å². The normalized spacial score (nSPS) is 10.2. The van der Waals surface area contributed by atoms with Crippen LogP contribution in [0.1, 0.15) is 10.4 Å². The third-order valence-corrected chi connectivity index (χ3v) is 3.89. The maximum absolute atomic E-state index is 12.9. The SMILES string of the molecule is COCCOc1ccc(C(=O)NC(=S)Nc2ccc(F)cc2)cc1Br. The van der Waals surface area contributed by atoms with Crippen LogP contribution in [0.15, 0.2) is 46.9 Å². The van der Waals surface area contributed by atoms with E-state index in [2.05, 4.69) is 26.6 Å². The minimum Gasteiger partial charge on any atom is -0.490 e. The molecule has 132 valence electrons. The van der Waals surface area contributed by atoms with Gasteiger partial charge in [0.25, 0.3) is 5.91 Å². The summed E-state index contributed by atoms with van der Waals surface area (Å²) in [6, 6.07) is 10.6. The van der Waals surface area contributed by atoms with Crippen molar-refractivity contribution in [2.45, 2.75) is 0 Å². The Morgan fingerprint density at radius 3 is 2.56 bits per heavy atom. The van der Waals surface area contributed by atoms with Crippen molar-refractivity contribution in [1.29, 1.82) is 0 Å². The number of methoxy groups -OCH3 is 1. The maximum Gasteiger partial charge on any atom is 0.257 e. The fraction of sp³-hybridized carbons (Fsp3) is 0.176. The van der Waals surface area contributed by atoms with Crippen molar-refractivity contribution in [1.82, 2.24) is 5.32 Å². The van der Waals surface area contributed by atoms with Crippen LogP contribution in [0, 0.1) is 5.82 Å². The van der Waals surface area contributed by atoms with Gasteiger partial charge in [0.1, 0.15) is 18.2 Å². The van der Waals surface area contributed by atoms with E-state index in [4.69, 9.17) is 21.7 Å². The first-order valence-corrected chi connectivity index (χ1v) is 8.49. The number of carbonyl (C=O) groups is 1. The van der Waals surface area contributed by atoms with Crippen LogP contribution >= 0.6 is 28.1 Å². The van der Waals surface area contributed by atoms with Gasteiger partial charge in [0.05, 0.1) is 11.1 Å². The largest absolute Gasteiger partial charge is 0.490 e. The molecule has 0 aliphatic heterocycles. The monoisotopic (exact) mass is 426 g/mol. The summed E-state index contributed by atoms with van der Waals surface area (Å²) in [4.78, 5) is 12.2. The second-order valence-corrected chi connectivity index (χ2v) is 6.16. The first kappa shape index (κ1) is 19.3. The van der Waals surface area contributed by atoms with Crippen molar-refractivity contribution in [3.63, 3.8) is 0 Å². The van der Waals surface area contributed by atoms with E-state index in [1.54, 1.807) is 25.3 Å². The Morgan fingerprint density at radius 1 is 1.20 bits per heavy atom. The number of amides is 1. The van der Waals surface area contributed by atoms with Crippen molar-refractivity contribution in [2.24, 2.45) is 0 Å². The van der Waals surface area contributed by atoms with Crippen LogP contribution in [0.5, 0.6) is 5.75 Å². The summed E-state index contributed by atoms with van der Waals surface area (Å²) < 4.78 is 23.9. The highest BCUT2D eigenvalue weighted by atomic mass is 79.9. The Labute approximate surface area is 158 Å². The molecule has 0 bridgehead atoms. The maximum atomic E-state index is 12.9. The van der Waals surface area contributed by atoms with Gasteiger partial charge in [-0.25, -0.2) is 4.39 Å². The number of thiocarbonyl (C=S) groups is 1. The summed E-state index contributed by atoms with van der Waals surface area (Å²) in [5.41, 5.74) is 0.990. The highest BCUT2D eigenvalue weighted by Gasteiger charge is 2.11. The van der Waals surface area contributed by atoms with Crippen LogP contribution in [0.3, 0.4) is 0 Å². The second kappa shape index (κ2) is 9.45. The summed E-state index contributed by atoms with van der Waals surface area (Å²) in [6.07, 6.45) is 0. The van der Waals surface area contributed by atoms with Gasteiger partial charge in [-0.05, 0) is 70.6 Å². The van der Waals surface area contributed by atoms with Crippen LogP contribution in [-0.2, 0) is 4.74 Å². The van der Waals surface area contributed by atoms with Crippen LogP contribution in [-0.4, -0.2) is 31.3 Å². The number of ether oxygens (including phenoxy) is 2. The molecular weight excluding hydrogens is 411 g/mol. The number of hydrogen-bond acceptors (Lipinski definition) is 4. The molecule has 2 aromatic rings. The average molecular weight is 427 g/mol. The Kier molecular flexibility index (Phi) is 7.30. The molecule has 1 amide bonds. The fourth-order valence-electron chi connectivity index (χ4n) is 1.86. The number of anilines is 1. The van der Waals surface area contributed by atoms with Gasteiger partial charge >= 0.3 is 0 Å². The van der Waals surface area contributed by atoms with Crippen molar-refractivity contribution in [3.05, 3.63) is 58.3 Å². The molecule has 25 heavy (non-hydrogen) atoms. The van der Waals surface area contributed by atoms with Gasteiger partial charge < -0.3 is 14.8 Å². The molecule has 0 unspecified atom stereocenters. The summed E-state index contributed by atoms with van der Waals surface area (Å²) in [5, 5.41) is 5.50. The molecule has 0 fully saturated rings. The highest BCUT2D eigenvalue weighted by Crippen LogP contribution is 2.26. The lowest BCUT2D eigenvalue weighted by molar-refractivity contribution is 0.0977. The first-order valence-electron chi connectivity index (χ1n) is 7.29. The minimum absolute atomic E-state index is 0.119. The van der Waals surface area contributed by atoms with Crippen LogP contribution in [0.2, 0.25) is 0 Å². The van der Waals surface area contributed by atoms with E-state index >= 15 is 0 Å². The lowest BCUT2D eigenvalue weighted by Crippen LogP contribution is -2.34. The molecule has 0 atom stereocenters. The van der Waals surface area contributed by atoms with Gasteiger partial charge in [-0.2, -0.15) is 0 Å². The van der Waals surface area contributed by atoms with Crippen molar-refractivity contribution < 1.29 is 18.7 Å². The van der Waals surface area contributed by atoms with E-state index < -0.39 is 0 Å². The molecule has 0 radical (unpaired) electrons. The zero-order valence-corrected chi connectivity index (χ0v) is 15.7. The fourth-order valence-corrected chi connectivity index (χ4v) is 2.57. The molecule has 0 aliphatic rings. The first-order chi connectivity index (χ1) is 12.0. The smallest absolute Gasteiger partial charge is 0.257 e. The lowest BCUT2D eigenvalue weighted by Gasteiger charge is -2.11. The third-order valence-electron chi connectivity index (χ3n) is 3.07. The topological polar surface area (TPSA) is 59.6 Å². The van der Waals surface area contributed by atoms with Crippen LogP contribution < -0.4 is 15.4 Å². The standard InChI is InChI=1S/C17H16BrFN2O3S/c1-23-8-9-24-15-7-2-11(10-14(15)18)16(22)21-17(25)20-13-5-3-12(19)4-6-13/h2-7,10H,8-9H2,1H3,(H2,20,21,22,25). The molecule has 2 rings (SSSR count). The van der Waals surface area contributed by atoms with Gasteiger partial charge in [0.2, 0.25) is 0 Å².